The van der Waals surface area contributed by atoms with Crippen LogP contribution in [0.15, 0.2) is 59.6 Å². The number of nitrogens with one attached hydrogen (secondary N) is 2. The Balaban J connectivity index is 1.63. The third-order valence-corrected chi connectivity index (χ3v) is 3.42. The summed E-state index contributed by atoms with van der Waals surface area (Å²) in [5, 5.41) is 6.56. The second kappa shape index (κ2) is 9.64. The molecule has 0 unspecified atom stereocenters. The third kappa shape index (κ3) is 6.53. The van der Waals surface area contributed by atoms with E-state index in [9.17, 15) is 0 Å². The van der Waals surface area contributed by atoms with Crippen LogP contribution < -0.4 is 10.6 Å². The van der Waals surface area contributed by atoms with Gasteiger partial charge in [0.25, 0.3) is 0 Å². The summed E-state index contributed by atoms with van der Waals surface area (Å²) in [6.07, 6.45) is 0. The van der Waals surface area contributed by atoms with Crippen LogP contribution in [0.25, 0.3) is 0 Å². The molecule has 0 aliphatic carbocycles. The molecular weight excluding hydrogens is 286 g/mol. The molecule has 122 valence electrons. The van der Waals surface area contributed by atoms with Gasteiger partial charge in [-0.1, -0.05) is 60.2 Å². The van der Waals surface area contributed by atoms with Crippen molar-refractivity contribution < 1.29 is 4.74 Å². The Hall–Kier alpha value is -2.33. The minimum Gasteiger partial charge on any atom is -0.375 e. The summed E-state index contributed by atoms with van der Waals surface area (Å²) in [4.78, 5) is 4.22. The molecule has 0 atom stereocenters. The molecule has 2 N–H and O–H groups in total. The van der Waals surface area contributed by atoms with E-state index in [1.54, 1.807) is 7.05 Å². The van der Waals surface area contributed by atoms with Gasteiger partial charge < -0.3 is 15.4 Å². The topological polar surface area (TPSA) is 45.7 Å². The van der Waals surface area contributed by atoms with Gasteiger partial charge in [-0.2, -0.15) is 0 Å². The molecule has 4 heteroatoms. The van der Waals surface area contributed by atoms with Crippen molar-refractivity contribution in [2.75, 3.05) is 20.2 Å². The highest BCUT2D eigenvalue weighted by atomic mass is 16.5. The lowest BCUT2D eigenvalue weighted by molar-refractivity contribution is 0.125. The van der Waals surface area contributed by atoms with Crippen LogP contribution in [0.3, 0.4) is 0 Å². The maximum atomic E-state index is 5.65. The van der Waals surface area contributed by atoms with Crippen LogP contribution in [0.4, 0.5) is 0 Å². The molecule has 0 saturated carbocycles. The van der Waals surface area contributed by atoms with Crippen LogP contribution in [0.5, 0.6) is 0 Å². The molecule has 2 aromatic carbocycles. The molecule has 2 rings (SSSR count). The molecule has 0 bridgehead atoms. The van der Waals surface area contributed by atoms with Gasteiger partial charge in [0.05, 0.1) is 13.2 Å². The zero-order chi connectivity index (χ0) is 16.3. The van der Waals surface area contributed by atoms with Gasteiger partial charge in [0.15, 0.2) is 5.96 Å². The Bertz CT molecular complexity index is 611. The van der Waals surface area contributed by atoms with Crippen LogP contribution >= 0.6 is 0 Å². The fraction of sp³-hybridized carbons (Fsp3) is 0.316. The SMILES string of the molecule is CN=C(NCCOCc1ccccc1)NCc1cccc(C)c1. The minimum absolute atomic E-state index is 0.637. The number of nitrogens with zero attached hydrogens (tertiary/aromatic N) is 1. The molecule has 0 aromatic heterocycles. The van der Waals surface area contributed by atoms with Crippen molar-refractivity contribution in [2.45, 2.75) is 20.1 Å². The van der Waals surface area contributed by atoms with Crippen LogP contribution in [0.2, 0.25) is 0 Å². The highest BCUT2D eigenvalue weighted by molar-refractivity contribution is 5.79. The molecule has 0 aliphatic heterocycles. The third-order valence-electron chi connectivity index (χ3n) is 3.42. The predicted molar refractivity (Wildman–Crippen MR) is 95.5 cm³/mol. The zero-order valence-electron chi connectivity index (χ0n) is 13.9. The van der Waals surface area contributed by atoms with Gasteiger partial charge in [0, 0.05) is 20.1 Å². The Morgan fingerprint density at radius 2 is 1.78 bits per heavy atom. The van der Waals surface area contributed by atoms with Gasteiger partial charge in [-0.15, -0.1) is 0 Å². The van der Waals surface area contributed by atoms with E-state index in [1.807, 2.05) is 18.2 Å². The summed E-state index contributed by atoms with van der Waals surface area (Å²) in [6, 6.07) is 18.6. The summed E-state index contributed by atoms with van der Waals surface area (Å²) in [6.45, 7) is 4.85. The molecule has 0 fully saturated rings. The van der Waals surface area contributed by atoms with Crippen molar-refractivity contribution in [1.29, 1.82) is 0 Å². The first-order chi connectivity index (χ1) is 11.3. The van der Waals surface area contributed by atoms with Crippen molar-refractivity contribution in [2.24, 2.45) is 4.99 Å². The quantitative estimate of drug-likeness (QED) is 0.469. The van der Waals surface area contributed by atoms with Crippen LogP contribution in [0, 0.1) is 6.92 Å². The van der Waals surface area contributed by atoms with Crippen molar-refractivity contribution in [1.82, 2.24) is 10.6 Å². The lowest BCUT2D eigenvalue weighted by Crippen LogP contribution is -2.38. The number of aliphatic imine (C=N–C) groups is 1. The smallest absolute Gasteiger partial charge is 0.191 e. The summed E-state index contributed by atoms with van der Waals surface area (Å²) < 4.78 is 5.65. The van der Waals surface area contributed by atoms with Crippen molar-refractivity contribution in [3.8, 4) is 0 Å². The molecule has 2 aromatic rings. The number of aryl methyl sites for hydroxylation is 1. The monoisotopic (exact) mass is 311 g/mol. The van der Waals surface area contributed by atoms with Crippen molar-refractivity contribution in [3.63, 3.8) is 0 Å². The van der Waals surface area contributed by atoms with E-state index in [4.69, 9.17) is 4.74 Å². The number of ether oxygens (including phenoxy) is 1. The molecule has 0 heterocycles. The number of guanidine groups is 1. The second-order valence-electron chi connectivity index (χ2n) is 5.38. The van der Waals surface area contributed by atoms with Gasteiger partial charge in [-0.05, 0) is 18.1 Å². The summed E-state index contributed by atoms with van der Waals surface area (Å²) in [5.41, 5.74) is 3.70. The predicted octanol–water partition coefficient (Wildman–Crippen LogP) is 2.88. The lowest BCUT2D eigenvalue weighted by atomic mass is 10.1. The maximum absolute atomic E-state index is 5.65. The minimum atomic E-state index is 0.637. The summed E-state index contributed by atoms with van der Waals surface area (Å²) in [7, 11) is 1.77. The number of rotatable bonds is 7. The first-order valence-electron chi connectivity index (χ1n) is 7.89. The average Bonchev–Trinajstić information content (AvgIpc) is 2.58. The van der Waals surface area contributed by atoms with Gasteiger partial charge in [-0.3, -0.25) is 4.99 Å². The fourth-order valence-corrected chi connectivity index (χ4v) is 2.23. The van der Waals surface area contributed by atoms with Crippen LogP contribution in [-0.2, 0) is 17.9 Å². The summed E-state index contributed by atoms with van der Waals surface area (Å²) in [5.74, 6) is 0.787. The zero-order valence-corrected chi connectivity index (χ0v) is 13.9. The highest BCUT2D eigenvalue weighted by Crippen LogP contribution is 2.03. The molecule has 0 amide bonds. The van der Waals surface area contributed by atoms with E-state index < -0.39 is 0 Å². The standard InChI is InChI=1S/C19H25N3O/c1-16-7-6-10-18(13-16)14-22-19(20-2)21-11-12-23-15-17-8-4-3-5-9-17/h3-10,13H,11-12,14-15H2,1-2H3,(H2,20,21,22). The van der Waals surface area contributed by atoms with Gasteiger partial charge in [0.1, 0.15) is 0 Å². The highest BCUT2D eigenvalue weighted by Gasteiger charge is 1.98. The van der Waals surface area contributed by atoms with Gasteiger partial charge in [-0.25, -0.2) is 0 Å². The van der Waals surface area contributed by atoms with E-state index in [2.05, 4.69) is 58.9 Å². The Labute approximate surface area is 138 Å². The fourth-order valence-electron chi connectivity index (χ4n) is 2.23. The Morgan fingerprint density at radius 1 is 1.00 bits per heavy atom. The molecule has 0 radical (unpaired) electrons. The number of hydrogen-bond acceptors (Lipinski definition) is 2. The molecule has 0 saturated heterocycles. The molecule has 0 spiro atoms. The second-order valence-corrected chi connectivity index (χ2v) is 5.38. The average molecular weight is 311 g/mol. The van der Waals surface area contributed by atoms with E-state index in [0.717, 1.165) is 19.0 Å². The van der Waals surface area contributed by atoms with E-state index in [1.165, 1.54) is 16.7 Å². The van der Waals surface area contributed by atoms with Gasteiger partial charge in [0.2, 0.25) is 0 Å². The van der Waals surface area contributed by atoms with E-state index in [0.29, 0.717) is 13.2 Å². The number of hydrogen-bond donors (Lipinski definition) is 2. The number of benzene rings is 2. The summed E-state index contributed by atoms with van der Waals surface area (Å²) >= 11 is 0. The lowest BCUT2D eigenvalue weighted by Gasteiger charge is -2.12. The first kappa shape index (κ1) is 17.0. The molecule has 23 heavy (non-hydrogen) atoms. The molecular formula is C19H25N3O. The van der Waals surface area contributed by atoms with E-state index in [-0.39, 0.29) is 0 Å². The largest absolute Gasteiger partial charge is 0.375 e. The Morgan fingerprint density at radius 3 is 2.52 bits per heavy atom. The normalized spacial score (nSPS) is 11.3. The van der Waals surface area contributed by atoms with Crippen LogP contribution in [0.1, 0.15) is 16.7 Å². The van der Waals surface area contributed by atoms with Crippen molar-refractivity contribution in [3.05, 3.63) is 71.3 Å². The van der Waals surface area contributed by atoms with E-state index >= 15 is 0 Å². The Kier molecular flexibility index (Phi) is 7.14. The van der Waals surface area contributed by atoms with Gasteiger partial charge >= 0.3 is 0 Å². The molecule has 4 nitrogen and oxygen atoms in total. The first-order valence-corrected chi connectivity index (χ1v) is 7.89. The molecule has 0 aliphatic rings. The maximum Gasteiger partial charge on any atom is 0.191 e. The van der Waals surface area contributed by atoms with Crippen LogP contribution in [-0.4, -0.2) is 26.2 Å². The van der Waals surface area contributed by atoms with Crippen molar-refractivity contribution >= 4 is 5.96 Å².